The first kappa shape index (κ1) is 18.3. The molecule has 0 aromatic heterocycles. The van der Waals surface area contributed by atoms with E-state index in [1.807, 2.05) is 0 Å². The molecule has 0 aliphatic carbocycles. The fraction of sp³-hybridized carbons (Fsp3) is 0.176. The molecule has 0 spiro atoms. The monoisotopic (exact) mass is 353 g/mol. The first-order chi connectivity index (χ1) is 11.8. The molecule has 132 valence electrons. The summed E-state index contributed by atoms with van der Waals surface area (Å²) in [6.07, 6.45) is -4.78. The number of hydrogen-bond donors (Lipinski definition) is 1. The van der Waals surface area contributed by atoms with Crippen molar-refractivity contribution in [1.29, 1.82) is 0 Å². The Labute approximate surface area is 141 Å². The van der Waals surface area contributed by atoms with Crippen LogP contribution in [-0.4, -0.2) is 25.3 Å². The molecule has 8 heteroatoms. The summed E-state index contributed by atoms with van der Waals surface area (Å²) in [6, 6.07) is 11.0. The predicted octanol–water partition coefficient (Wildman–Crippen LogP) is 3.30. The van der Waals surface area contributed by atoms with Gasteiger partial charge in [-0.3, -0.25) is 4.79 Å². The van der Waals surface area contributed by atoms with Crippen LogP contribution in [0.2, 0.25) is 0 Å². The Bertz CT molecular complexity index is 740. The molecule has 0 aliphatic heterocycles. The molecule has 25 heavy (non-hydrogen) atoms. The Balaban J connectivity index is 1.92. The highest BCUT2D eigenvalue weighted by molar-refractivity contribution is 5.94. The third-order valence-electron chi connectivity index (χ3n) is 3.18. The maximum Gasteiger partial charge on any atom is 0.573 e. The minimum Gasteiger partial charge on any atom is -0.465 e. The Kier molecular flexibility index (Phi) is 5.63. The zero-order valence-electron chi connectivity index (χ0n) is 13.1. The van der Waals surface area contributed by atoms with E-state index in [4.69, 9.17) is 0 Å². The Morgan fingerprint density at radius 3 is 2.04 bits per heavy atom. The number of nitrogens with one attached hydrogen (secondary N) is 1. The minimum absolute atomic E-state index is 0.195. The van der Waals surface area contributed by atoms with E-state index in [9.17, 15) is 22.8 Å². The van der Waals surface area contributed by atoms with Gasteiger partial charge < -0.3 is 14.8 Å². The lowest BCUT2D eigenvalue weighted by molar-refractivity contribution is -0.274. The summed E-state index contributed by atoms with van der Waals surface area (Å²) in [5, 5.41) is 2.63. The van der Waals surface area contributed by atoms with E-state index < -0.39 is 24.0 Å². The Morgan fingerprint density at radius 1 is 0.960 bits per heavy atom. The van der Waals surface area contributed by atoms with Crippen LogP contribution >= 0.6 is 0 Å². The van der Waals surface area contributed by atoms with E-state index in [-0.39, 0.29) is 12.1 Å². The van der Waals surface area contributed by atoms with E-state index in [1.165, 1.54) is 19.2 Å². The number of halogens is 3. The second-order valence-electron chi connectivity index (χ2n) is 4.94. The number of carbonyl (C=O) groups excluding carboxylic acids is 2. The van der Waals surface area contributed by atoms with Crippen molar-refractivity contribution in [3.8, 4) is 5.75 Å². The molecule has 1 amide bonds. The molecule has 0 atom stereocenters. The van der Waals surface area contributed by atoms with Crippen molar-refractivity contribution in [1.82, 2.24) is 5.32 Å². The van der Waals surface area contributed by atoms with Crippen molar-refractivity contribution in [3.63, 3.8) is 0 Å². The quantitative estimate of drug-likeness (QED) is 0.838. The van der Waals surface area contributed by atoms with Gasteiger partial charge >= 0.3 is 12.3 Å². The van der Waals surface area contributed by atoms with Crippen molar-refractivity contribution in [2.75, 3.05) is 7.11 Å². The van der Waals surface area contributed by atoms with E-state index >= 15 is 0 Å². The van der Waals surface area contributed by atoms with Gasteiger partial charge in [-0.1, -0.05) is 12.1 Å². The summed E-state index contributed by atoms with van der Waals surface area (Å²) in [7, 11) is 1.28. The van der Waals surface area contributed by atoms with Gasteiger partial charge in [-0.2, -0.15) is 0 Å². The van der Waals surface area contributed by atoms with Crippen LogP contribution in [0.15, 0.2) is 48.5 Å². The first-order valence-electron chi connectivity index (χ1n) is 7.10. The van der Waals surface area contributed by atoms with Gasteiger partial charge in [0.05, 0.1) is 12.7 Å². The lowest BCUT2D eigenvalue weighted by Crippen LogP contribution is -2.23. The first-order valence-corrected chi connectivity index (χ1v) is 7.10. The molecule has 2 aromatic carbocycles. The number of amides is 1. The van der Waals surface area contributed by atoms with E-state index in [0.717, 1.165) is 17.7 Å². The maximum atomic E-state index is 12.1. The molecule has 0 unspecified atom stereocenters. The molecule has 0 radical (unpaired) electrons. The van der Waals surface area contributed by atoms with Crippen LogP contribution in [0.3, 0.4) is 0 Å². The van der Waals surface area contributed by atoms with Gasteiger partial charge in [-0.05, 0) is 42.0 Å². The smallest absolute Gasteiger partial charge is 0.465 e. The van der Waals surface area contributed by atoms with Crippen LogP contribution in [0.4, 0.5) is 13.2 Å². The molecule has 1 N–H and O–H groups in total. The van der Waals surface area contributed by atoms with Crippen LogP contribution in [-0.2, 0) is 11.3 Å². The molecule has 0 saturated heterocycles. The summed E-state index contributed by atoms with van der Waals surface area (Å²) in [5.41, 5.74) is 1.33. The molecule has 0 fully saturated rings. The average Bonchev–Trinajstić information content (AvgIpc) is 2.58. The highest BCUT2D eigenvalue weighted by Crippen LogP contribution is 2.22. The van der Waals surface area contributed by atoms with Crippen molar-refractivity contribution in [2.45, 2.75) is 12.9 Å². The van der Waals surface area contributed by atoms with Crippen molar-refractivity contribution in [2.24, 2.45) is 0 Å². The SMILES string of the molecule is COC(=O)c1ccc(CNC(=O)c2ccc(OC(F)(F)F)cc2)cc1. The molecule has 5 nitrogen and oxygen atoms in total. The van der Waals surface area contributed by atoms with Gasteiger partial charge in [-0.15, -0.1) is 13.2 Å². The summed E-state index contributed by atoms with van der Waals surface area (Å²) in [5.74, 6) is -1.31. The lowest BCUT2D eigenvalue weighted by Gasteiger charge is -2.09. The number of ether oxygens (including phenoxy) is 2. The highest BCUT2D eigenvalue weighted by atomic mass is 19.4. The van der Waals surface area contributed by atoms with E-state index in [1.54, 1.807) is 24.3 Å². The van der Waals surface area contributed by atoms with Gasteiger partial charge in [0.1, 0.15) is 5.75 Å². The number of rotatable bonds is 5. The molecule has 2 rings (SSSR count). The number of carbonyl (C=O) groups is 2. The highest BCUT2D eigenvalue weighted by Gasteiger charge is 2.31. The number of hydrogen-bond acceptors (Lipinski definition) is 4. The molecular formula is C17H14F3NO4. The fourth-order valence-corrected chi connectivity index (χ4v) is 1.97. The number of benzene rings is 2. The fourth-order valence-electron chi connectivity index (χ4n) is 1.97. The molecule has 0 bridgehead atoms. The molecule has 0 heterocycles. The standard InChI is InChI=1S/C17H14F3NO4/c1-24-16(23)13-4-2-11(3-5-13)10-21-15(22)12-6-8-14(9-7-12)25-17(18,19)20/h2-9H,10H2,1H3,(H,21,22). The largest absolute Gasteiger partial charge is 0.573 e. The second-order valence-corrected chi connectivity index (χ2v) is 4.94. The number of alkyl halides is 3. The second kappa shape index (κ2) is 7.69. The van der Waals surface area contributed by atoms with Crippen LogP contribution in [0.25, 0.3) is 0 Å². The van der Waals surface area contributed by atoms with Crippen molar-refractivity contribution in [3.05, 3.63) is 65.2 Å². The lowest BCUT2D eigenvalue weighted by atomic mass is 10.1. The van der Waals surface area contributed by atoms with E-state index in [2.05, 4.69) is 14.8 Å². The molecule has 2 aromatic rings. The minimum atomic E-state index is -4.78. The average molecular weight is 353 g/mol. The van der Waals surface area contributed by atoms with Gasteiger partial charge in [0.25, 0.3) is 5.91 Å². The summed E-state index contributed by atoms with van der Waals surface area (Å²) in [4.78, 5) is 23.3. The van der Waals surface area contributed by atoms with Crippen LogP contribution in [0.1, 0.15) is 26.3 Å². The van der Waals surface area contributed by atoms with Gasteiger partial charge in [-0.25, -0.2) is 4.79 Å². The summed E-state index contributed by atoms with van der Waals surface area (Å²) in [6.45, 7) is 0.196. The van der Waals surface area contributed by atoms with Crippen molar-refractivity contribution >= 4 is 11.9 Å². The molecule has 0 aliphatic rings. The van der Waals surface area contributed by atoms with Gasteiger partial charge in [0.15, 0.2) is 0 Å². The molecular weight excluding hydrogens is 339 g/mol. The Hall–Kier alpha value is -3.03. The predicted molar refractivity (Wildman–Crippen MR) is 82.1 cm³/mol. The van der Waals surface area contributed by atoms with Gasteiger partial charge in [0, 0.05) is 12.1 Å². The molecule has 0 saturated carbocycles. The Morgan fingerprint density at radius 2 is 1.52 bits per heavy atom. The van der Waals surface area contributed by atoms with Crippen LogP contribution < -0.4 is 10.1 Å². The van der Waals surface area contributed by atoms with Crippen LogP contribution in [0, 0.1) is 0 Å². The third kappa shape index (κ3) is 5.52. The van der Waals surface area contributed by atoms with Gasteiger partial charge in [0.2, 0.25) is 0 Å². The summed E-state index contributed by atoms with van der Waals surface area (Å²) < 4.78 is 44.6. The van der Waals surface area contributed by atoms with Crippen LogP contribution in [0.5, 0.6) is 5.75 Å². The van der Waals surface area contributed by atoms with E-state index in [0.29, 0.717) is 5.56 Å². The zero-order valence-corrected chi connectivity index (χ0v) is 13.1. The number of methoxy groups -OCH3 is 1. The normalized spacial score (nSPS) is 10.9. The topological polar surface area (TPSA) is 64.6 Å². The third-order valence-corrected chi connectivity index (χ3v) is 3.18. The summed E-state index contributed by atoms with van der Waals surface area (Å²) >= 11 is 0. The maximum absolute atomic E-state index is 12.1. The van der Waals surface area contributed by atoms with Crippen molar-refractivity contribution < 1.29 is 32.2 Å². The number of esters is 1. The zero-order chi connectivity index (χ0) is 18.4.